The zero-order valence-electron chi connectivity index (χ0n) is 13.0. The monoisotopic (exact) mass is 342 g/mol. The molecular weight excluding hydrogens is 324 g/mol. The molecule has 0 aromatic carbocycles. The van der Waals surface area contributed by atoms with Crippen molar-refractivity contribution in [3.8, 4) is 6.19 Å². The number of ether oxygens (including phenoxy) is 1. The molecule has 8 heteroatoms. The number of rotatable bonds is 4. The molecule has 1 aliphatic carbocycles. The molecule has 1 aliphatic rings. The second-order valence-electron chi connectivity index (χ2n) is 6.40. The van der Waals surface area contributed by atoms with Crippen LogP contribution in [0, 0.1) is 11.5 Å². The Kier molecular flexibility index (Phi) is 4.66. The Bertz CT molecular complexity index is 611. The van der Waals surface area contributed by atoms with Crippen LogP contribution in [-0.4, -0.2) is 29.6 Å². The van der Waals surface area contributed by atoms with E-state index in [1.165, 1.54) is 18.4 Å². The van der Waals surface area contributed by atoms with Gasteiger partial charge in [0.2, 0.25) is 0 Å². The van der Waals surface area contributed by atoms with Crippen LogP contribution < -0.4 is 10.6 Å². The van der Waals surface area contributed by atoms with Crippen molar-refractivity contribution in [1.29, 1.82) is 5.26 Å². The van der Waals surface area contributed by atoms with Crippen molar-refractivity contribution >= 4 is 34.0 Å². The zero-order chi connectivity index (χ0) is 16.5. The third-order valence-corrected chi connectivity index (χ3v) is 5.50. The summed E-state index contributed by atoms with van der Waals surface area (Å²) in [6.45, 7) is 6.12. The van der Waals surface area contributed by atoms with Gasteiger partial charge >= 0.3 is 0 Å². The highest BCUT2D eigenvalue weighted by atomic mass is 35.5. The number of nitrogens with one attached hydrogen (secondary N) is 2. The first-order valence-corrected chi connectivity index (χ1v) is 8.09. The largest absolute Gasteiger partial charge is 0.368 e. The number of carbonyl (C=O) groups is 1. The van der Waals surface area contributed by atoms with Crippen LogP contribution >= 0.6 is 22.9 Å². The van der Waals surface area contributed by atoms with Crippen molar-refractivity contribution in [1.82, 2.24) is 10.3 Å². The summed E-state index contributed by atoms with van der Waals surface area (Å²) < 4.78 is 5.37. The number of hydrogen-bond acceptors (Lipinski definition) is 6. The lowest BCUT2D eigenvalue weighted by Crippen LogP contribution is -2.60. The molecule has 22 heavy (non-hydrogen) atoms. The molecule has 0 aliphatic heterocycles. The molecule has 1 amide bonds. The van der Waals surface area contributed by atoms with Crippen molar-refractivity contribution in [2.24, 2.45) is 0 Å². The summed E-state index contributed by atoms with van der Waals surface area (Å²) in [6, 6.07) is -0.0271. The molecule has 6 nitrogen and oxygen atoms in total. The van der Waals surface area contributed by atoms with Gasteiger partial charge in [0.15, 0.2) is 16.9 Å². The predicted molar refractivity (Wildman–Crippen MR) is 86.0 cm³/mol. The molecule has 0 radical (unpaired) electrons. The molecule has 2 N–H and O–H groups in total. The summed E-state index contributed by atoms with van der Waals surface area (Å²) in [5.41, 5.74) is -1.04. The average Bonchev–Trinajstić information content (AvgIpc) is 2.74. The topological polar surface area (TPSA) is 87.0 Å². The smallest absolute Gasteiger partial charge is 0.258 e. The van der Waals surface area contributed by atoms with Gasteiger partial charge in [-0.2, -0.15) is 5.26 Å². The Balaban J connectivity index is 2.08. The Morgan fingerprint density at radius 1 is 1.55 bits per heavy atom. The maximum atomic E-state index is 12.4. The highest BCUT2D eigenvalue weighted by Crippen LogP contribution is 2.39. The van der Waals surface area contributed by atoms with Crippen molar-refractivity contribution in [3.63, 3.8) is 0 Å². The number of amides is 1. The summed E-state index contributed by atoms with van der Waals surface area (Å²) in [7, 11) is 1.50. The van der Waals surface area contributed by atoms with E-state index >= 15 is 0 Å². The molecule has 0 unspecified atom stereocenters. The number of aromatic nitrogens is 1. The number of methoxy groups -OCH3 is 1. The number of carbonyl (C=O) groups excluding carboxylic acids is 1. The summed E-state index contributed by atoms with van der Waals surface area (Å²) >= 11 is 7.51. The third-order valence-electron chi connectivity index (χ3n) is 3.71. The molecule has 1 aromatic heterocycles. The van der Waals surface area contributed by atoms with E-state index in [2.05, 4.69) is 15.6 Å². The molecule has 0 saturated heterocycles. The van der Waals surface area contributed by atoms with E-state index in [1.54, 1.807) is 0 Å². The highest BCUT2D eigenvalue weighted by molar-refractivity contribution is 7.16. The highest BCUT2D eigenvalue weighted by Gasteiger charge is 2.51. The van der Waals surface area contributed by atoms with E-state index in [0.717, 1.165) is 4.88 Å². The van der Waals surface area contributed by atoms with Crippen LogP contribution in [0.25, 0.3) is 0 Å². The molecule has 1 fully saturated rings. The number of hydrogen-bond donors (Lipinski definition) is 2. The van der Waals surface area contributed by atoms with Gasteiger partial charge in [0.1, 0.15) is 5.15 Å². The molecule has 0 spiro atoms. The first kappa shape index (κ1) is 17.0. The third kappa shape index (κ3) is 3.19. The van der Waals surface area contributed by atoms with Gasteiger partial charge in [-0.1, -0.05) is 43.7 Å². The van der Waals surface area contributed by atoms with Crippen molar-refractivity contribution in [2.45, 2.75) is 50.7 Å². The van der Waals surface area contributed by atoms with Gasteiger partial charge in [0.25, 0.3) is 5.91 Å². The first-order valence-electron chi connectivity index (χ1n) is 6.90. The minimum atomic E-state index is -0.908. The number of anilines is 1. The Morgan fingerprint density at radius 2 is 2.18 bits per heavy atom. The lowest BCUT2D eigenvalue weighted by molar-refractivity contribution is -0.151. The molecule has 120 valence electrons. The minimum absolute atomic E-state index is 0.0271. The first-order chi connectivity index (χ1) is 10.2. The van der Waals surface area contributed by atoms with E-state index in [4.69, 9.17) is 21.6 Å². The summed E-state index contributed by atoms with van der Waals surface area (Å²) in [4.78, 5) is 17.6. The van der Waals surface area contributed by atoms with Gasteiger partial charge in [-0.25, -0.2) is 4.98 Å². The van der Waals surface area contributed by atoms with Crippen molar-refractivity contribution in [2.75, 3.05) is 12.4 Å². The Labute approximate surface area is 138 Å². The maximum absolute atomic E-state index is 12.4. The molecule has 1 saturated carbocycles. The van der Waals surface area contributed by atoms with Crippen LogP contribution in [0.3, 0.4) is 0 Å². The Hall–Kier alpha value is -1.36. The normalized spacial score (nSPS) is 24.3. The fourth-order valence-corrected chi connectivity index (χ4v) is 3.85. The van der Waals surface area contributed by atoms with Crippen LogP contribution in [0.4, 0.5) is 5.13 Å². The van der Waals surface area contributed by atoms with Gasteiger partial charge < -0.3 is 10.1 Å². The fraction of sp³-hybridized carbons (Fsp3) is 0.643. The zero-order valence-corrected chi connectivity index (χ0v) is 14.6. The minimum Gasteiger partial charge on any atom is -0.368 e. The van der Waals surface area contributed by atoms with Gasteiger partial charge in [-0.15, -0.1) is 0 Å². The predicted octanol–water partition coefficient (Wildman–Crippen LogP) is 2.65. The standard InChI is InChI=1S/C14H19ClN4O2S/c1-13(2,3)9-10(15)18-12(22-9)19-11(20)14(21-4)5-8(6-14)17-7-16/h8,17H,5-6H2,1-4H3,(H,18,19,20). The second kappa shape index (κ2) is 6.03. The number of halogens is 1. The molecule has 0 bridgehead atoms. The molecule has 1 heterocycles. The van der Waals surface area contributed by atoms with Gasteiger partial charge in [-0.3, -0.25) is 10.1 Å². The van der Waals surface area contributed by atoms with E-state index in [9.17, 15) is 4.79 Å². The van der Waals surface area contributed by atoms with E-state index in [0.29, 0.717) is 23.1 Å². The van der Waals surface area contributed by atoms with Crippen LogP contribution in [0.5, 0.6) is 0 Å². The van der Waals surface area contributed by atoms with Crippen LogP contribution in [0.15, 0.2) is 0 Å². The van der Waals surface area contributed by atoms with Crippen LogP contribution in [0.1, 0.15) is 38.5 Å². The molecule has 1 aromatic rings. The summed E-state index contributed by atoms with van der Waals surface area (Å²) in [5.74, 6) is -0.253. The summed E-state index contributed by atoms with van der Waals surface area (Å²) in [5, 5.41) is 14.9. The number of thiazole rings is 1. The molecule has 2 rings (SSSR count). The van der Waals surface area contributed by atoms with Crippen LogP contribution in [-0.2, 0) is 14.9 Å². The lowest BCUT2D eigenvalue weighted by atomic mass is 9.75. The SMILES string of the molecule is COC1(C(=O)Nc2nc(Cl)c(C(C)(C)C)s2)CC(NC#N)C1. The van der Waals surface area contributed by atoms with E-state index in [-0.39, 0.29) is 17.4 Å². The van der Waals surface area contributed by atoms with Gasteiger partial charge in [0.05, 0.1) is 4.88 Å². The lowest BCUT2D eigenvalue weighted by Gasteiger charge is -2.43. The molecular formula is C14H19ClN4O2S. The van der Waals surface area contributed by atoms with Crippen molar-refractivity contribution < 1.29 is 9.53 Å². The van der Waals surface area contributed by atoms with Crippen molar-refractivity contribution in [3.05, 3.63) is 10.0 Å². The molecule has 0 atom stereocenters. The average molecular weight is 343 g/mol. The second-order valence-corrected chi connectivity index (χ2v) is 7.76. The van der Waals surface area contributed by atoms with Crippen LogP contribution in [0.2, 0.25) is 5.15 Å². The van der Waals surface area contributed by atoms with Gasteiger partial charge in [0, 0.05) is 26.0 Å². The number of nitriles is 1. The number of nitrogens with zero attached hydrogens (tertiary/aromatic N) is 2. The summed E-state index contributed by atoms with van der Waals surface area (Å²) in [6.07, 6.45) is 2.79. The maximum Gasteiger partial charge on any atom is 0.258 e. The van der Waals surface area contributed by atoms with E-state index in [1.807, 2.05) is 27.0 Å². The quantitative estimate of drug-likeness (QED) is 0.648. The Morgan fingerprint density at radius 3 is 2.64 bits per heavy atom. The van der Waals surface area contributed by atoms with Gasteiger partial charge in [-0.05, 0) is 5.41 Å². The van der Waals surface area contributed by atoms with E-state index < -0.39 is 5.60 Å². The fourth-order valence-electron chi connectivity index (χ4n) is 2.40.